The summed E-state index contributed by atoms with van der Waals surface area (Å²) in [6, 6.07) is 17.6. The van der Waals surface area contributed by atoms with Gasteiger partial charge in [-0.25, -0.2) is 0 Å². The second-order valence-corrected chi connectivity index (χ2v) is 10.4. The summed E-state index contributed by atoms with van der Waals surface area (Å²) in [5.41, 5.74) is 1.40. The number of nitrogens with zero attached hydrogens (tertiary/aromatic N) is 2. The van der Waals surface area contributed by atoms with E-state index in [2.05, 4.69) is 5.32 Å². The van der Waals surface area contributed by atoms with Crippen LogP contribution >= 0.6 is 11.6 Å². The zero-order chi connectivity index (χ0) is 23.7. The van der Waals surface area contributed by atoms with E-state index in [0.717, 1.165) is 42.1 Å². The fraction of sp³-hybridized carbons (Fsp3) is 0.429. The van der Waals surface area contributed by atoms with Crippen LogP contribution in [-0.4, -0.2) is 32.9 Å². The Morgan fingerprint density at radius 1 is 1.03 bits per heavy atom. The third-order valence-corrected chi connectivity index (χ3v) is 7.92. The van der Waals surface area contributed by atoms with E-state index in [1.54, 1.807) is 4.90 Å². The fourth-order valence-corrected chi connectivity index (χ4v) is 5.69. The van der Waals surface area contributed by atoms with Crippen molar-refractivity contribution in [1.82, 2.24) is 14.8 Å². The number of fused-ring (bicyclic) bond motifs is 3. The van der Waals surface area contributed by atoms with Crippen molar-refractivity contribution in [2.24, 2.45) is 0 Å². The first kappa shape index (κ1) is 23.0. The van der Waals surface area contributed by atoms with Gasteiger partial charge in [-0.15, -0.1) is 0 Å². The molecular weight excluding hydrogens is 446 g/mol. The molecule has 1 N–H and O–H groups in total. The van der Waals surface area contributed by atoms with E-state index < -0.39 is 5.54 Å². The Labute approximate surface area is 206 Å². The summed E-state index contributed by atoms with van der Waals surface area (Å²) in [4.78, 5) is 29.6. The molecule has 2 aromatic carbocycles. The van der Waals surface area contributed by atoms with Crippen molar-refractivity contribution >= 4 is 34.3 Å². The predicted molar refractivity (Wildman–Crippen MR) is 136 cm³/mol. The summed E-state index contributed by atoms with van der Waals surface area (Å²) in [6.45, 7) is 2.59. The van der Waals surface area contributed by atoms with E-state index in [1.807, 2.05) is 66.1 Å². The standard InChI is InChI=1S/C28H32ClN3O2/c1-28(27(34)30-22-13-5-3-2-4-6-14-22)19-31-24-16-10-8-11-20(24)17-25(31)26(33)32(28)18-21-12-7-9-15-23(21)29/h7-12,15-17,22H,2-6,13-14,18-19H2,1H3,(H,30,34)/t28-/m1/s1. The maximum atomic E-state index is 13.9. The highest BCUT2D eigenvalue weighted by molar-refractivity contribution is 6.31. The van der Waals surface area contributed by atoms with E-state index in [0.29, 0.717) is 17.3 Å². The van der Waals surface area contributed by atoms with Crippen molar-refractivity contribution in [3.8, 4) is 0 Å². The Hall–Kier alpha value is -2.79. The van der Waals surface area contributed by atoms with Gasteiger partial charge < -0.3 is 14.8 Å². The van der Waals surface area contributed by atoms with Crippen molar-refractivity contribution in [3.63, 3.8) is 0 Å². The van der Waals surface area contributed by atoms with Gasteiger partial charge in [0.05, 0.1) is 6.54 Å². The Morgan fingerprint density at radius 3 is 2.47 bits per heavy atom. The summed E-state index contributed by atoms with van der Waals surface area (Å²) in [5.74, 6) is -0.223. The van der Waals surface area contributed by atoms with E-state index in [9.17, 15) is 9.59 Å². The lowest BCUT2D eigenvalue weighted by Gasteiger charge is -2.45. The molecule has 5 nitrogen and oxygen atoms in total. The minimum Gasteiger partial charge on any atom is -0.351 e. The Balaban J connectivity index is 1.52. The van der Waals surface area contributed by atoms with Gasteiger partial charge in [0.15, 0.2) is 0 Å². The maximum absolute atomic E-state index is 13.9. The lowest BCUT2D eigenvalue weighted by atomic mass is 9.91. The quantitative estimate of drug-likeness (QED) is 0.505. The normalized spacial score (nSPS) is 21.7. The molecule has 1 fully saturated rings. The molecule has 1 saturated carbocycles. The number of nitrogens with one attached hydrogen (secondary N) is 1. The number of para-hydroxylation sites is 1. The number of carbonyl (C=O) groups excluding carboxylic acids is 2. The first-order valence-electron chi connectivity index (χ1n) is 12.4. The number of carbonyl (C=O) groups is 2. The molecule has 5 rings (SSSR count). The number of hydrogen-bond donors (Lipinski definition) is 1. The fourth-order valence-electron chi connectivity index (χ4n) is 5.49. The summed E-state index contributed by atoms with van der Waals surface area (Å²) in [7, 11) is 0. The second-order valence-electron chi connectivity index (χ2n) is 9.95. The maximum Gasteiger partial charge on any atom is 0.271 e. The predicted octanol–water partition coefficient (Wildman–Crippen LogP) is 5.94. The first-order valence-corrected chi connectivity index (χ1v) is 12.8. The lowest BCUT2D eigenvalue weighted by molar-refractivity contribution is -0.134. The number of amides is 2. The van der Waals surface area contributed by atoms with Gasteiger partial charge in [0.2, 0.25) is 5.91 Å². The van der Waals surface area contributed by atoms with Gasteiger partial charge in [-0.3, -0.25) is 9.59 Å². The van der Waals surface area contributed by atoms with Crippen LogP contribution in [0, 0.1) is 0 Å². The van der Waals surface area contributed by atoms with E-state index in [1.165, 1.54) is 19.3 Å². The zero-order valence-electron chi connectivity index (χ0n) is 19.7. The number of halogens is 1. The average molecular weight is 478 g/mol. The van der Waals surface area contributed by atoms with Crippen LogP contribution in [0.25, 0.3) is 10.9 Å². The van der Waals surface area contributed by atoms with Crippen LogP contribution < -0.4 is 5.32 Å². The summed E-state index contributed by atoms with van der Waals surface area (Å²) in [5, 5.41) is 4.95. The largest absolute Gasteiger partial charge is 0.351 e. The highest BCUT2D eigenvalue weighted by Crippen LogP contribution is 2.34. The van der Waals surface area contributed by atoms with Gasteiger partial charge in [0.1, 0.15) is 11.2 Å². The summed E-state index contributed by atoms with van der Waals surface area (Å²) in [6.07, 6.45) is 7.99. The third kappa shape index (κ3) is 4.22. The minimum absolute atomic E-state index is 0.0816. The highest BCUT2D eigenvalue weighted by atomic mass is 35.5. The van der Waals surface area contributed by atoms with Crippen molar-refractivity contribution < 1.29 is 9.59 Å². The smallest absolute Gasteiger partial charge is 0.271 e. The SMILES string of the molecule is C[C@]1(C(=O)NC2CCCCCCC2)Cn2c(cc3ccccc32)C(=O)N1Cc1ccccc1Cl. The summed E-state index contributed by atoms with van der Waals surface area (Å²) >= 11 is 6.47. The minimum atomic E-state index is -1.03. The highest BCUT2D eigenvalue weighted by Gasteiger charge is 2.48. The van der Waals surface area contributed by atoms with Crippen LogP contribution in [0.5, 0.6) is 0 Å². The lowest BCUT2D eigenvalue weighted by Crippen LogP contribution is -2.64. The molecule has 0 saturated heterocycles. The van der Waals surface area contributed by atoms with E-state index in [4.69, 9.17) is 11.6 Å². The van der Waals surface area contributed by atoms with E-state index in [-0.39, 0.29) is 24.4 Å². The van der Waals surface area contributed by atoms with Crippen LogP contribution in [0.2, 0.25) is 5.02 Å². The molecule has 2 amide bonds. The van der Waals surface area contributed by atoms with Crippen molar-refractivity contribution in [1.29, 1.82) is 0 Å². The van der Waals surface area contributed by atoms with Gasteiger partial charge in [-0.05, 0) is 43.5 Å². The average Bonchev–Trinajstić information content (AvgIpc) is 3.18. The van der Waals surface area contributed by atoms with Crippen LogP contribution in [0.15, 0.2) is 54.6 Å². The topological polar surface area (TPSA) is 54.3 Å². The molecule has 0 spiro atoms. The van der Waals surface area contributed by atoms with Crippen LogP contribution in [-0.2, 0) is 17.9 Å². The molecule has 2 aliphatic rings. The first-order chi connectivity index (χ1) is 16.5. The number of benzene rings is 2. The monoisotopic (exact) mass is 477 g/mol. The van der Waals surface area contributed by atoms with E-state index >= 15 is 0 Å². The Bertz CT molecular complexity index is 1210. The third-order valence-electron chi connectivity index (χ3n) is 7.55. The molecule has 1 aliphatic heterocycles. The molecule has 0 bridgehead atoms. The molecule has 6 heteroatoms. The van der Waals surface area contributed by atoms with Crippen LogP contribution in [0.3, 0.4) is 0 Å². The molecule has 34 heavy (non-hydrogen) atoms. The molecule has 3 aromatic rings. The molecule has 2 heterocycles. The molecule has 1 atom stereocenters. The van der Waals surface area contributed by atoms with Gasteiger partial charge in [-0.1, -0.05) is 80.1 Å². The van der Waals surface area contributed by atoms with Gasteiger partial charge in [-0.2, -0.15) is 0 Å². The molecule has 0 radical (unpaired) electrons. The van der Waals surface area contributed by atoms with Gasteiger partial charge in [0, 0.05) is 28.5 Å². The number of aromatic nitrogens is 1. The number of hydrogen-bond acceptors (Lipinski definition) is 2. The van der Waals surface area contributed by atoms with Crippen LogP contribution in [0.1, 0.15) is 67.9 Å². The molecular formula is C28H32ClN3O2. The van der Waals surface area contributed by atoms with Gasteiger partial charge in [0.25, 0.3) is 5.91 Å². The Kier molecular flexibility index (Phi) is 6.39. The van der Waals surface area contributed by atoms with Gasteiger partial charge >= 0.3 is 0 Å². The number of rotatable bonds is 4. The Morgan fingerprint density at radius 2 is 1.71 bits per heavy atom. The summed E-state index contributed by atoms with van der Waals surface area (Å²) < 4.78 is 2.01. The molecule has 178 valence electrons. The molecule has 1 aromatic heterocycles. The van der Waals surface area contributed by atoms with Crippen LogP contribution in [0.4, 0.5) is 0 Å². The van der Waals surface area contributed by atoms with Crippen molar-refractivity contribution in [3.05, 3.63) is 70.9 Å². The molecule has 1 aliphatic carbocycles. The van der Waals surface area contributed by atoms with Crippen molar-refractivity contribution in [2.45, 2.75) is 76.5 Å². The second kappa shape index (κ2) is 9.46. The molecule has 0 unspecified atom stereocenters. The zero-order valence-corrected chi connectivity index (χ0v) is 20.5. The van der Waals surface area contributed by atoms with Crippen molar-refractivity contribution in [2.75, 3.05) is 0 Å².